The van der Waals surface area contributed by atoms with Crippen LogP contribution in [-0.2, 0) is 26.4 Å². The Morgan fingerprint density at radius 1 is 1.42 bits per heavy atom. The van der Waals surface area contributed by atoms with Gasteiger partial charge in [-0.3, -0.25) is 9.59 Å². The van der Waals surface area contributed by atoms with Crippen LogP contribution in [0.5, 0.6) is 5.75 Å². The topological polar surface area (TPSA) is 113 Å². The van der Waals surface area contributed by atoms with Crippen molar-refractivity contribution < 1.29 is 28.2 Å². The van der Waals surface area contributed by atoms with Gasteiger partial charge in [-0.05, 0) is 17.7 Å². The number of carboxylic acids is 1. The van der Waals surface area contributed by atoms with Gasteiger partial charge in [0.15, 0.2) is 11.1 Å². The van der Waals surface area contributed by atoms with E-state index in [4.69, 9.17) is 14.4 Å². The van der Waals surface area contributed by atoms with Gasteiger partial charge >= 0.3 is 5.97 Å². The zero-order valence-corrected chi connectivity index (χ0v) is 10.9. The first-order valence-corrected chi connectivity index (χ1v) is 6.46. The Morgan fingerprint density at radius 3 is 2.63 bits per heavy atom. The van der Waals surface area contributed by atoms with Crippen molar-refractivity contribution in [3.63, 3.8) is 0 Å². The van der Waals surface area contributed by atoms with Gasteiger partial charge in [-0.1, -0.05) is 6.07 Å². The molecular formula is C11H13NO6S. The molecule has 0 saturated heterocycles. The summed E-state index contributed by atoms with van der Waals surface area (Å²) in [5.41, 5.74) is 0.781. The van der Waals surface area contributed by atoms with Crippen molar-refractivity contribution in [2.24, 2.45) is 0 Å². The summed E-state index contributed by atoms with van der Waals surface area (Å²) in [4.78, 5) is 21.8. The van der Waals surface area contributed by atoms with Crippen molar-refractivity contribution in [2.45, 2.75) is 12.2 Å². The lowest BCUT2D eigenvalue weighted by atomic mass is 10.2. The number of ether oxygens (including phenoxy) is 1. The van der Waals surface area contributed by atoms with Gasteiger partial charge in [0, 0.05) is 0 Å². The van der Waals surface area contributed by atoms with Crippen LogP contribution in [0.1, 0.15) is 12.0 Å². The molecule has 0 bridgehead atoms. The molecule has 19 heavy (non-hydrogen) atoms. The van der Waals surface area contributed by atoms with Gasteiger partial charge in [0.05, 0.1) is 18.6 Å². The van der Waals surface area contributed by atoms with Crippen LogP contribution < -0.4 is 10.1 Å². The van der Waals surface area contributed by atoms with Crippen LogP contribution in [0.2, 0.25) is 0 Å². The minimum Gasteiger partial charge on any atom is -0.495 e. The average Bonchev–Trinajstić information content (AvgIpc) is 2.27. The van der Waals surface area contributed by atoms with Crippen LogP contribution in [-0.4, -0.2) is 32.9 Å². The molecule has 1 rings (SSSR count). The third-order valence-electron chi connectivity index (χ3n) is 2.14. The number of nitrogens with one attached hydrogen (secondary N) is 1. The zero-order chi connectivity index (χ0) is 14.4. The third-order valence-corrected chi connectivity index (χ3v) is 2.72. The number of hydrogen-bond donors (Lipinski definition) is 3. The Hall–Kier alpha value is -1.93. The number of anilines is 1. The number of benzene rings is 1. The Morgan fingerprint density at radius 2 is 2.11 bits per heavy atom. The molecule has 104 valence electrons. The molecule has 3 N–H and O–H groups in total. The molecule has 0 aliphatic heterocycles. The average molecular weight is 287 g/mol. The van der Waals surface area contributed by atoms with Crippen molar-refractivity contribution in [3.8, 4) is 5.75 Å². The second-order valence-corrected chi connectivity index (χ2v) is 4.55. The molecule has 1 aromatic carbocycles. The molecule has 0 aromatic heterocycles. The van der Waals surface area contributed by atoms with Gasteiger partial charge in [0.2, 0.25) is 5.91 Å². The lowest BCUT2D eigenvalue weighted by molar-refractivity contribution is -0.139. The fourth-order valence-electron chi connectivity index (χ4n) is 1.42. The number of aliphatic carboxylic acids is 1. The van der Waals surface area contributed by atoms with Gasteiger partial charge in [-0.2, -0.15) is 0 Å². The molecule has 1 unspecified atom stereocenters. The van der Waals surface area contributed by atoms with Crippen LogP contribution in [0.25, 0.3) is 0 Å². The Bertz CT molecular complexity index is 516. The summed E-state index contributed by atoms with van der Waals surface area (Å²) < 4.78 is 24.5. The predicted octanol–water partition coefficient (Wildman–Crippen LogP) is 0.830. The van der Waals surface area contributed by atoms with E-state index >= 15 is 0 Å². The molecule has 1 amide bonds. The highest BCUT2D eigenvalue weighted by Crippen LogP contribution is 2.26. The minimum atomic E-state index is -2.00. The molecule has 0 radical (unpaired) electrons. The molecule has 0 fully saturated rings. The van der Waals surface area contributed by atoms with Crippen LogP contribution in [0.15, 0.2) is 18.2 Å². The maximum atomic E-state index is 11.4. The van der Waals surface area contributed by atoms with Crippen LogP contribution in [0, 0.1) is 0 Å². The number of hydrogen-bond acceptors (Lipinski definition) is 4. The molecule has 0 spiro atoms. The summed E-state index contributed by atoms with van der Waals surface area (Å²) in [6.07, 6.45) is -0.667. The Balaban J connectivity index is 2.92. The van der Waals surface area contributed by atoms with E-state index < -0.39 is 29.4 Å². The lowest BCUT2D eigenvalue weighted by Crippen LogP contribution is -2.16. The van der Waals surface area contributed by atoms with E-state index in [1.807, 2.05) is 0 Å². The molecule has 0 heterocycles. The number of carboxylic acid groups (broad SMARTS) is 1. The summed E-state index contributed by atoms with van der Waals surface area (Å²) >= 11 is -2.00. The summed E-state index contributed by atoms with van der Waals surface area (Å²) in [5, 5.41) is 10.9. The fraction of sp³-hybridized carbons (Fsp3) is 0.273. The maximum absolute atomic E-state index is 11.4. The van der Waals surface area contributed by atoms with E-state index in [9.17, 15) is 13.8 Å². The lowest BCUT2D eigenvalue weighted by Gasteiger charge is -2.11. The van der Waals surface area contributed by atoms with Crippen molar-refractivity contribution >= 4 is 28.6 Å². The highest BCUT2D eigenvalue weighted by Gasteiger charge is 2.12. The van der Waals surface area contributed by atoms with Gasteiger partial charge in [0.1, 0.15) is 12.2 Å². The Kier molecular flexibility index (Phi) is 5.46. The highest BCUT2D eigenvalue weighted by atomic mass is 32.2. The maximum Gasteiger partial charge on any atom is 0.312 e. The summed E-state index contributed by atoms with van der Waals surface area (Å²) in [5.74, 6) is -1.70. The third kappa shape index (κ3) is 5.06. The van der Waals surface area contributed by atoms with Crippen molar-refractivity contribution in [2.75, 3.05) is 12.4 Å². The van der Waals surface area contributed by atoms with Gasteiger partial charge in [-0.15, -0.1) is 0 Å². The summed E-state index contributed by atoms with van der Waals surface area (Å²) in [7, 11) is 1.39. The second-order valence-electron chi connectivity index (χ2n) is 3.62. The summed E-state index contributed by atoms with van der Waals surface area (Å²) in [6.45, 7) is 0. The zero-order valence-electron chi connectivity index (χ0n) is 10.1. The van der Waals surface area contributed by atoms with Gasteiger partial charge < -0.3 is 19.7 Å². The van der Waals surface area contributed by atoms with E-state index in [-0.39, 0.29) is 11.4 Å². The number of rotatable bonds is 6. The van der Waals surface area contributed by atoms with Crippen molar-refractivity contribution in [1.29, 1.82) is 0 Å². The standard InChI is InChI=1S/C11H13NO6S/c1-18-9-3-2-7(6-19(16)17)4-8(9)12-10(13)5-11(14)15/h2-4H,5-6H2,1H3,(H,12,13)(H,14,15)(H,16,17). The highest BCUT2D eigenvalue weighted by molar-refractivity contribution is 7.78. The van der Waals surface area contributed by atoms with E-state index in [0.29, 0.717) is 11.3 Å². The van der Waals surface area contributed by atoms with Gasteiger partial charge in [-0.25, -0.2) is 4.21 Å². The number of carbonyl (C=O) groups is 2. The SMILES string of the molecule is COc1ccc(CS(=O)O)cc1NC(=O)CC(=O)O. The quantitative estimate of drug-likeness (QED) is 0.527. The van der Waals surface area contributed by atoms with Crippen molar-refractivity contribution in [3.05, 3.63) is 23.8 Å². The smallest absolute Gasteiger partial charge is 0.312 e. The second kappa shape index (κ2) is 6.86. The van der Waals surface area contributed by atoms with Crippen LogP contribution in [0.4, 0.5) is 5.69 Å². The van der Waals surface area contributed by atoms with E-state index in [2.05, 4.69) is 5.32 Å². The van der Waals surface area contributed by atoms with Gasteiger partial charge in [0.25, 0.3) is 0 Å². The molecule has 0 aliphatic rings. The molecule has 1 aromatic rings. The predicted molar refractivity (Wildman–Crippen MR) is 68.4 cm³/mol. The minimum absolute atomic E-state index is 0.0915. The van der Waals surface area contributed by atoms with Crippen LogP contribution in [0.3, 0.4) is 0 Å². The largest absolute Gasteiger partial charge is 0.495 e. The van der Waals surface area contributed by atoms with E-state index in [1.165, 1.54) is 19.2 Å². The monoisotopic (exact) mass is 287 g/mol. The molecule has 8 heteroatoms. The first kappa shape index (κ1) is 15.1. The van der Waals surface area contributed by atoms with E-state index in [0.717, 1.165) is 0 Å². The molecule has 0 saturated carbocycles. The molecular weight excluding hydrogens is 274 g/mol. The molecule has 1 atom stereocenters. The first-order valence-electron chi connectivity index (χ1n) is 5.18. The summed E-state index contributed by atoms with van der Waals surface area (Å²) in [6, 6.07) is 4.57. The molecule has 7 nitrogen and oxygen atoms in total. The number of carbonyl (C=O) groups excluding carboxylic acids is 1. The van der Waals surface area contributed by atoms with Crippen LogP contribution >= 0.6 is 0 Å². The number of methoxy groups -OCH3 is 1. The van der Waals surface area contributed by atoms with Crippen molar-refractivity contribution in [1.82, 2.24) is 0 Å². The van der Waals surface area contributed by atoms with E-state index in [1.54, 1.807) is 6.07 Å². The Labute approximate surface area is 111 Å². The first-order chi connectivity index (χ1) is 8.92. The molecule has 0 aliphatic carbocycles. The normalized spacial score (nSPS) is 11.7. The fourth-order valence-corrected chi connectivity index (χ4v) is 1.88. The number of amides is 1.